The number of thioether (sulfide) groups is 1. The molecule has 0 aliphatic carbocycles. The van der Waals surface area contributed by atoms with E-state index in [1.807, 2.05) is 22.8 Å². The third-order valence-electron chi connectivity index (χ3n) is 4.96. The van der Waals surface area contributed by atoms with Crippen molar-refractivity contribution in [3.05, 3.63) is 64.2 Å². The zero-order chi connectivity index (χ0) is 18.5. The number of hydrogen-bond donors (Lipinski definition) is 0. The summed E-state index contributed by atoms with van der Waals surface area (Å²) in [5.74, 6) is 1.25. The van der Waals surface area contributed by atoms with Crippen LogP contribution in [0.25, 0.3) is 21.9 Å². The predicted molar refractivity (Wildman–Crippen MR) is 104 cm³/mol. The number of fused-ring (bicyclic) bond motifs is 4. The molecule has 0 saturated heterocycles. The van der Waals surface area contributed by atoms with Crippen LogP contribution in [0.15, 0.2) is 52.4 Å². The third kappa shape index (κ3) is 2.45. The normalized spacial score (nSPS) is 13.4. The molecule has 0 bridgehead atoms. The molecule has 1 aliphatic heterocycles. The fraction of sp³-hybridized carbons (Fsp3) is 0.200. The highest BCUT2D eigenvalue weighted by Crippen LogP contribution is 2.32. The number of halogens is 1. The highest BCUT2D eigenvalue weighted by molar-refractivity contribution is 7.99. The predicted octanol–water partition coefficient (Wildman–Crippen LogP) is 3.65. The first-order valence-corrected chi connectivity index (χ1v) is 9.63. The molecule has 27 heavy (non-hydrogen) atoms. The fourth-order valence-electron chi connectivity index (χ4n) is 3.64. The lowest BCUT2D eigenvalue weighted by Gasteiger charge is -2.09. The van der Waals surface area contributed by atoms with Crippen LogP contribution in [0.3, 0.4) is 0 Å². The van der Waals surface area contributed by atoms with Crippen LogP contribution in [-0.4, -0.2) is 27.0 Å². The lowest BCUT2D eigenvalue weighted by Crippen LogP contribution is -2.22. The fourth-order valence-corrected chi connectivity index (χ4v) is 4.58. The molecule has 0 saturated carbocycles. The average molecular weight is 381 g/mol. The van der Waals surface area contributed by atoms with E-state index >= 15 is 0 Å². The van der Waals surface area contributed by atoms with E-state index < -0.39 is 0 Å². The SMILES string of the molecule is COc1ccc2c(c1)c1nc3n(c(=O)c1n2Cc1ccccc1F)CCS3. The number of ether oxygens (including phenoxy) is 1. The monoisotopic (exact) mass is 381 g/mol. The van der Waals surface area contributed by atoms with Gasteiger partial charge in [-0.05, 0) is 24.3 Å². The van der Waals surface area contributed by atoms with Crippen molar-refractivity contribution < 1.29 is 9.13 Å². The van der Waals surface area contributed by atoms with E-state index in [2.05, 4.69) is 0 Å². The Labute approximate surface area is 158 Å². The maximum absolute atomic E-state index is 14.3. The van der Waals surface area contributed by atoms with Gasteiger partial charge in [-0.3, -0.25) is 9.36 Å². The van der Waals surface area contributed by atoms with Crippen molar-refractivity contribution in [2.75, 3.05) is 12.9 Å². The summed E-state index contributed by atoms with van der Waals surface area (Å²) in [5, 5.41) is 1.58. The topological polar surface area (TPSA) is 49.1 Å². The maximum atomic E-state index is 14.3. The standard InChI is InChI=1S/C20H16FN3O2S/c1-26-13-6-7-16-14(10-13)17-18(19(25)23-8-9-27-20(23)22-17)24(16)11-12-4-2-3-5-15(12)21/h2-7,10H,8-9,11H2,1H3. The van der Waals surface area contributed by atoms with Crippen LogP contribution in [0.4, 0.5) is 4.39 Å². The van der Waals surface area contributed by atoms with Crippen molar-refractivity contribution in [1.29, 1.82) is 0 Å². The van der Waals surface area contributed by atoms with Gasteiger partial charge in [0.1, 0.15) is 22.6 Å². The van der Waals surface area contributed by atoms with Crippen LogP contribution >= 0.6 is 11.8 Å². The van der Waals surface area contributed by atoms with Gasteiger partial charge in [0.15, 0.2) is 5.16 Å². The molecule has 3 heterocycles. The van der Waals surface area contributed by atoms with Crippen molar-refractivity contribution in [3.8, 4) is 5.75 Å². The Balaban J connectivity index is 1.87. The van der Waals surface area contributed by atoms with Crippen molar-refractivity contribution >= 4 is 33.7 Å². The van der Waals surface area contributed by atoms with Gasteiger partial charge in [-0.2, -0.15) is 0 Å². The molecule has 0 fully saturated rings. The van der Waals surface area contributed by atoms with E-state index in [0.717, 1.165) is 21.8 Å². The number of nitrogens with zero attached hydrogens (tertiary/aromatic N) is 3. The Hall–Kier alpha value is -2.80. The zero-order valence-electron chi connectivity index (χ0n) is 14.6. The van der Waals surface area contributed by atoms with Crippen molar-refractivity contribution in [2.24, 2.45) is 0 Å². The summed E-state index contributed by atoms with van der Waals surface area (Å²) >= 11 is 1.58. The highest BCUT2D eigenvalue weighted by Gasteiger charge is 2.23. The Bertz CT molecular complexity index is 1260. The third-order valence-corrected chi connectivity index (χ3v) is 5.92. The summed E-state index contributed by atoms with van der Waals surface area (Å²) in [4.78, 5) is 18.0. The molecule has 0 N–H and O–H groups in total. The maximum Gasteiger partial charge on any atom is 0.278 e. The van der Waals surface area contributed by atoms with Crippen LogP contribution in [0.5, 0.6) is 5.75 Å². The Morgan fingerprint density at radius 3 is 2.93 bits per heavy atom. The van der Waals surface area contributed by atoms with Crippen LogP contribution in [0.2, 0.25) is 0 Å². The molecule has 0 radical (unpaired) electrons. The van der Waals surface area contributed by atoms with Gasteiger partial charge in [0.2, 0.25) is 0 Å². The zero-order valence-corrected chi connectivity index (χ0v) is 15.4. The first kappa shape index (κ1) is 16.4. The van der Waals surface area contributed by atoms with E-state index in [9.17, 15) is 9.18 Å². The first-order valence-electron chi connectivity index (χ1n) is 8.64. The molecule has 2 aromatic carbocycles. The minimum atomic E-state index is -0.286. The summed E-state index contributed by atoms with van der Waals surface area (Å²) < 4.78 is 23.2. The summed E-state index contributed by atoms with van der Waals surface area (Å²) in [6, 6.07) is 12.3. The van der Waals surface area contributed by atoms with Gasteiger partial charge in [0, 0.05) is 23.2 Å². The second-order valence-electron chi connectivity index (χ2n) is 6.46. The summed E-state index contributed by atoms with van der Waals surface area (Å²) in [6.45, 7) is 0.911. The van der Waals surface area contributed by atoms with Crippen molar-refractivity contribution in [3.63, 3.8) is 0 Å². The molecule has 0 unspecified atom stereocenters. The van der Waals surface area contributed by atoms with Crippen LogP contribution in [-0.2, 0) is 13.1 Å². The minimum Gasteiger partial charge on any atom is -0.497 e. The quantitative estimate of drug-likeness (QED) is 0.508. The van der Waals surface area contributed by atoms with Gasteiger partial charge >= 0.3 is 0 Å². The van der Waals surface area contributed by atoms with E-state index in [-0.39, 0.29) is 17.9 Å². The van der Waals surface area contributed by atoms with E-state index in [4.69, 9.17) is 9.72 Å². The van der Waals surface area contributed by atoms with Crippen LogP contribution in [0, 0.1) is 5.82 Å². The number of hydrogen-bond acceptors (Lipinski definition) is 4. The number of benzene rings is 2. The molecule has 0 amide bonds. The second-order valence-corrected chi connectivity index (χ2v) is 7.52. The molecule has 7 heteroatoms. The molecule has 5 nitrogen and oxygen atoms in total. The van der Waals surface area contributed by atoms with Gasteiger partial charge in [0.25, 0.3) is 5.56 Å². The van der Waals surface area contributed by atoms with Crippen molar-refractivity contribution in [2.45, 2.75) is 18.2 Å². The number of methoxy groups -OCH3 is 1. The van der Waals surface area contributed by atoms with E-state index in [0.29, 0.717) is 28.9 Å². The van der Waals surface area contributed by atoms with Crippen LogP contribution in [0.1, 0.15) is 5.56 Å². The van der Waals surface area contributed by atoms with Gasteiger partial charge in [-0.25, -0.2) is 9.37 Å². The largest absolute Gasteiger partial charge is 0.497 e. The molecule has 1 aliphatic rings. The summed E-state index contributed by atoms with van der Waals surface area (Å²) in [7, 11) is 1.61. The second kappa shape index (κ2) is 6.13. The highest BCUT2D eigenvalue weighted by atomic mass is 32.2. The van der Waals surface area contributed by atoms with E-state index in [1.54, 1.807) is 41.6 Å². The minimum absolute atomic E-state index is 0.0773. The molecule has 0 spiro atoms. The molecule has 136 valence electrons. The van der Waals surface area contributed by atoms with Gasteiger partial charge < -0.3 is 9.30 Å². The van der Waals surface area contributed by atoms with Gasteiger partial charge in [-0.1, -0.05) is 30.0 Å². The van der Waals surface area contributed by atoms with Gasteiger partial charge in [0.05, 0.1) is 19.2 Å². The molecule has 0 atom stereocenters. The molecule has 2 aromatic heterocycles. The van der Waals surface area contributed by atoms with Crippen LogP contribution < -0.4 is 10.3 Å². The number of aromatic nitrogens is 3. The Morgan fingerprint density at radius 2 is 2.11 bits per heavy atom. The Kier molecular flexibility index (Phi) is 3.72. The lowest BCUT2D eigenvalue weighted by molar-refractivity contribution is 0.415. The number of rotatable bonds is 3. The smallest absolute Gasteiger partial charge is 0.278 e. The Morgan fingerprint density at radius 1 is 1.26 bits per heavy atom. The molecular formula is C20H16FN3O2S. The lowest BCUT2D eigenvalue weighted by atomic mass is 10.2. The van der Waals surface area contributed by atoms with E-state index in [1.165, 1.54) is 6.07 Å². The summed E-state index contributed by atoms with van der Waals surface area (Å²) in [6.07, 6.45) is 0. The summed E-state index contributed by atoms with van der Waals surface area (Å²) in [5.41, 5.74) is 2.45. The molecule has 5 rings (SSSR count). The average Bonchev–Trinajstić information content (AvgIpc) is 3.27. The molecular weight excluding hydrogens is 365 g/mol. The molecule has 4 aromatic rings. The van der Waals surface area contributed by atoms with Gasteiger partial charge in [-0.15, -0.1) is 0 Å². The first-order chi connectivity index (χ1) is 13.2. The van der Waals surface area contributed by atoms with Crippen molar-refractivity contribution in [1.82, 2.24) is 14.1 Å².